The molecule has 0 heterocycles. The van der Waals surface area contributed by atoms with Crippen molar-refractivity contribution < 1.29 is 9.53 Å². The molecule has 0 aliphatic heterocycles. The number of benzene rings is 4. The number of nitrogens with one attached hydrogen (secondary N) is 1. The number of methoxy groups -OCH3 is 1. The SMILES string of the molecule is COc1ccc(NC(=O)[C@@H](N=Cc2ccccc2P(c2ccccc2)c2ccccc2)C(C)C)cc1. The van der Waals surface area contributed by atoms with E-state index in [-0.39, 0.29) is 11.8 Å². The van der Waals surface area contributed by atoms with Crippen molar-refractivity contribution in [3.8, 4) is 5.75 Å². The molecule has 4 aromatic rings. The summed E-state index contributed by atoms with van der Waals surface area (Å²) in [4.78, 5) is 17.9. The maximum atomic E-state index is 13.1. The van der Waals surface area contributed by atoms with Crippen LogP contribution in [0.3, 0.4) is 0 Å². The van der Waals surface area contributed by atoms with E-state index in [4.69, 9.17) is 9.73 Å². The monoisotopic (exact) mass is 494 g/mol. The zero-order valence-corrected chi connectivity index (χ0v) is 21.7. The minimum absolute atomic E-state index is 0.0384. The molecule has 0 saturated carbocycles. The lowest BCUT2D eigenvalue weighted by molar-refractivity contribution is -0.118. The van der Waals surface area contributed by atoms with Crippen LogP contribution >= 0.6 is 7.92 Å². The number of anilines is 1. The van der Waals surface area contributed by atoms with Crippen molar-refractivity contribution in [1.29, 1.82) is 0 Å². The van der Waals surface area contributed by atoms with Crippen molar-refractivity contribution in [3.63, 3.8) is 0 Å². The molecule has 36 heavy (non-hydrogen) atoms. The van der Waals surface area contributed by atoms with E-state index in [2.05, 4.69) is 72.0 Å². The number of rotatable bonds is 9. The molecule has 0 saturated heterocycles. The molecular weight excluding hydrogens is 463 g/mol. The Kier molecular flexibility index (Phi) is 8.65. The molecular formula is C31H31N2O2P. The first kappa shape index (κ1) is 25.3. The second-order valence-electron chi connectivity index (χ2n) is 8.75. The van der Waals surface area contributed by atoms with Crippen LogP contribution in [-0.4, -0.2) is 25.3 Å². The van der Waals surface area contributed by atoms with Gasteiger partial charge in [0.25, 0.3) is 0 Å². The third-order valence-electron chi connectivity index (χ3n) is 5.84. The number of carbonyl (C=O) groups is 1. The average Bonchev–Trinajstić information content (AvgIpc) is 2.91. The zero-order valence-electron chi connectivity index (χ0n) is 20.8. The highest BCUT2D eigenvalue weighted by Gasteiger charge is 2.22. The number of ether oxygens (including phenoxy) is 1. The Hall–Kier alpha value is -3.75. The number of hydrogen-bond donors (Lipinski definition) is 1. The number of nitrogens with zero attached hydrogens (tertiary/aromatic N) is 1. The predicted molar refractivity (Wildman–Crippen MR) is 153 cm³/mol. The highest BCUT2D eigenvalue weighted by atomic mass is 31.1. The highest BCUT2D eigenvalue weighted by Crippen LogP contribution is 2.33. The molecule has 5 heteroatoms. The lowest BCUT2D eigenvalue weighted by Gasteiger charge is -2.21. The van der Waals surface area contributed by atoms with E-state index in [1.165, 1.54) is 15.9 Å². The number of carbonyl (C=O) groups excluding carboxylic acids is 1. The van der Waals surface area contributed by atoms with Gasteiger partial charge in [-0.2, -0.15) is 0 Å². The fourth-order valence-corrected chi connectivity index (χ4v) is 6.40. The Morgan fingerprint density at radius 3 is 1.92 bits per heavy atom. The lowest BCUT2D eigenvalue weighted by atomic mass is 10.0. The van der Waals surface area contributed by atoms with Crippen molar-refractivity contribution in [1.82, 2.24) is 0 Å². The van der Waals surface area contributed by atoms with E-state index in [9.17, 15) is 4.79 Å². The van der Waals surface area contributed by atoms with Crippen LogP contribution in [-0.2, 0) is 4.79 Å². The van der Waals surface area contributed by atoms with Crippen molar-refractivity contribution >= 4 is 41.6 Å². The van der Waals surface area contributed by atoms with Gasteiger partial charge in [-0.1, -0.05) is 98.8 Å². The van der Waals surface area contributed by atoms with Crippen LogP contribution < -0.4 is 26.0 Å². The largest absolute Gasteiger partial charge is 0.497 e. The van der Waals surface area contributed by atoms with E-state index >= 15 is 0 Å². The summed E-state index contributed by atoms with van der Waals surface area (Å²) in [6.07, 6.45) is 1.87. The van der Waals surface area contributed by atoms with Gasteiger partial charge in [0.05, 0.1) is 7.11 Å². The third-order valence-corrected chi connectivity index (χ3v) is 8.36. The first-order valence-corrected chi connectivity index (χ1v) is 13.4. The van der Waals surface area contributed by atoms with Gasteiger partial charge in [0.2, 0.25) is 5.91 Å². The van der Waals surface area contributed by atoms with Crippen molar-refractivity contribution in [2.45, 2.75) is 19.9 Å². The summed E-state index contributed by atoms with van der Waals surface area (Å²) in [7, 11) is 0.845. The molecule has 4 nitrogen and oxygen atoms in total. The smallest absolute Gasteiger partial charge is 0.249 e. The van der Waals surface area contributed by atoms with Gasteiger partial charge in [0.15, 0.2) is 0 Å². The van der Waals surface area contributed by atoms with Crippen LogP contribution in [0, 0.1) is 5.92 Å². The lowest BCUT2D eigenvalue weighted by Crippen LogP contribution is -2.31. The Morgan fingerprint density at radius 1 is 0.806 bits per heavy atom. The van der Waals surface area contributed by atoms with Crippen LogP contribution in [0.2, 0.25) is 0 Å². The minimum Gasteiger partial charge on any atom is -0.497 e. The quantitative estimate of drug-likeness (QED) is 0.246. The van der Waals surface area contributed by atoms with Gasteiger partial charge >= 0.3 is 0 Å². The topological polar surface area (TPSA) is 50.7 Å². The molecule has 4 aromatic carbocycles. The third kappa shape index (κ3) is 6.27. The van der Waals surface area contributed by atoms with Crippen molar-refractivity contribution in [2.24, 2.45) is 10.9 Å². The van der Waals surface area contributed by atoms with Gasteiger partial charge in [-0.25, -0.2) is 0 Å². The first-order chi connectivity index (χ1) is 17.6. The van der Waals surface area contributed by atoms with Crippen LogP contribution in [0.5, 0.6) is 5.75 Å². The molecule has 0 aliphatic rings. The number of hydrogen-bond acceptors (Lipinski definition) is 3. The fourth-order valence-electron chi connectivity index (χ4n) is 3.98. The maximum Gasteiger partial charge on any atom is 0.249 e. The normalized spacial score (nSPS) is 12.1. The Bertz CT molecular complexity index is 1250. The van der Waals surface area contributed by atoms with Crippen molar-refractivity contribution in [2.75, 3.05) is 12.4 Å². The molecule has 0 unspecified atom stereocenters. The first-order valence-electron chi connectivity index (χ1n) is 12.0. The maximum absolute atomic E-state index is 13.1. The molecule has 1 atom stereocenters. The van der Waals surface area contributed by atoms with Crippen LogP contribution in [0.1, 0.15) is 19.4 Å². The van der Waals surface area contributed by atoms with Gasteiger partial charge in [0.1, 0.15) is 11.8 Å². The second-order valence-corrected chi connectivity index (χ2v) is 10.9. The molecule has 0 aliphatic carbocycles. The number of aliphatic imine (C=N–C) groups is 1. The average molecular weight is 495 g/mol. The predicted octanol–water partition coefficient (Wildman–Crippen LogP) is 5.54. The van der Waals surface area contributed by atoms with Crippen LogP contribution in [0.4, 0.5) is 5.69 Å². The summed E-state index contributed by atoms with van der Waals surface area (Å²) in [5, 5.41) is 6.76. The van der Waals surface area contributed by atoms with Crippen LogP contribution in [0.25, 0.3) is 0 Å². The summed E-state index contributed by atoms with van der Waals surface area (Å²) in [6, 6.07) is 36.3. The molecule has 0 bridgehead atoms. The highest BCUT2D eigenvalue weighted by molar-refractivity contribution is 7.80. The van der Waals surface area contributed by atoms with Gasteiger partial charge in [-0.3, -0.25) is 9.79 Å². The molecule has 4 rings (SSSR count). The molecule has 182 valence electrons. The van der Waals surface area contributed by atoms with E-state index in [1.807, 2.05) is 62.5 Å². The van der Waals surface area contributed by atoms with E-state index in [0.29, 0.717) is 0 Å². The molecule has 0 fully saturated rings. The molecule has 0 spiro atoms. The Labute approximate surface area is 214 Å². The van der Waals surface area contributed by atoms with Crippen LogP contribution in [0.15, 0.2) is 114 Å². The van der Waals surface area contributed by atoms with Crippen molar-refractivity contribution in [3.05, 3.63) is 115 Å². The molecule has 0 radical (unpaired) electrons. The molecule has 1 amide bonds. The van der Waals surface area contributed by atoms with E-state index in [1.54, 1.807) is 7.11 Å². The van der Waals surface area contributed by atoms with E-state index < -0.39 is 14.0 Å². The number of amides is 1. The summed E-state index contributed by atoms with van der Waals surface area (Å²) >= 11 is 0. The zero-order chi connectivity index (χ0) is 25.3. The van der Waals surface area contributed by atoms with Gasteiger partial charge in [-0.05, 0) is 54.0 Å². The Morgan fingerprint density at radius 2 is 1.36 bits per heavy atom. The fraction of sp³-hybridized carbons (Fsp3) is 0.161. The summed E-state index contributed by atoms with van der Waals surface area (Å²) in [6.45, 7) is 4.03. The Balaban J connectivity index is 1.65. The molecule has 1 N–H and O–H groups in total. The molecule has 0 aromatic heterocycles. The summed E-state index contributed by atoms with van der Waals surface area (Å²) in [5.41, 5.74) is 1.75. The van der Waals surface area contributed by atoms with Gasteiger partial charge in [0, 0.05) is 17.5 Å². The summed E-state index contributed by atoms with van der Waals surface area (Å²) < 4.78 is 5.21. The van der Waals surface area contributed by atoms with Gasteiger partial charge < -0.3 is 10.1 Å². The standard InChI is InChI=1S/C31H31N2O2P/c1-23(2)30(31(34)33-25-18-20-26(35-3)21-19-25)32-22-24-12-10-11-17-29(24)36(27-13-6-4-7-14-27)28-15-8-5-9-16-28/h4-23,30H,1-3H3,(H,33,34)/t30-/m0/s1. The van der Waals surface area contributed by atoms with E-state index in [0.717, 1.165) is 17.0 Å². The van der Waals surface area contributed by atoms with Gasteiger partial charge in [-0.15, -0.1) is 0 Å². The summed E-state index contributed by atoms with van der Waals surface area (Å²) in [5.74, 6) is 0.657. The second kappa shape index (κ2) is 12.3. The minimum atomic E-state index is -0.777.